The molecule has 0 radical (unpaired) electrons. The number of thioether (sulfide) groups is 1. The Hall–Kier alpha value is -0.480. The van der Waals surface area contributed by atoms with Gasteiger partial charge in [0.15, 0.2) is 0 Å². The molecular weight excluding hydrogens is 366 g/mol. The molecule has 0 aliphatic carbocycles. The Bertz CT molecular complexity index is 603. The summed E-state index contributed by atoms with van der Waals surface area (Å²) in [7, 11) is 0. The fraction of sp³-hybridized carbons (Fsp3) is 0.294. The number of hydrogen-bond donors (Lipinski definition) is 1. The molecule has 0 fully saturated rings. The largest absolute Gasteiger partial charge is 0.309 e. The molecule has 0 aliphatic heterocycles. The van der Waals surface area contributed by atoms with E-state index in [0.717, 1.165) is 27.4 Å². The number of nitrogens with one attached hydrogen (secondary N) is 1. The maximum atomic E-state index is 6.26. The van der Waals surface area contributed by atoms with Gasteiger partial charge >= 0.3 is 0 Å². The van der Waals surface area contributed by atoms with Crippen LogP contribution in [0.4, 0.5) is 0 Å². The molecule has 1 N–H and O–H groups in total. The van der Waals surface area contributed by atoms with Gasteiger partial charge in [0.05, 0.1) is 0 Å². The second kappa shape index (κ2) is 8.23. The van der Waals surface area contributed by atoms with Crippen molar-refractivity contribution in [3.05, 3.63) is 63.1 Å². The average Bonchev–Trinajstić information content (AvgIpc) is 2.46. The zero-order valence-corrected chi connectivity index (χ0v) is 15.4. The van der Waals surface area contributed by atoms with E-state index in [4.69, 9.17) is 11.6 Å². The molecule has 2 aromatic rings. The summed E-state index contributed by atoms with van der Waals surface area (Å²) in [5, 5.41) is 4.38. The molecule has 0 spiro atoms. The van der Waals surface area contributed by atoms with Crippen molar-refractivity contribution in [2.45, 2.75) is 24.8 Å². The van der Waals surface area contributed by atoms with Crippen LogP contribution in [0.3, 0.4) is 0 Å². The summed E-state index contributed by atoms with van der Waals surface area (Å²) in [4.78, 5) is 1.27. The topological polar surface area (TPSA) is 12.0 Å². The van der Waals surface area contributed by atoms with E-state index in [0.29, 0.717) is 6.04 Å². The lowest BCUT2D eigenvalue weighted by Crippen LogP contribution is -2.23. The first-order valence-electron chi connectivity index (χ1n) is 6.98. The summed E-state index contributed by atoms with van der Waals surface area (Å²) in [5.74, 6) is 0.976. The molecule has 0 aliphatic rings. The molecule has 4 heteroatoms. The van der Waals surface area contributed by atoms with Gasteiger partial charge in [0, 0.05) is 26.2 Å². The number of halogens is 2. The van der Waals surface area contributed by atoms with Gasteiger partial charge in [-0.2, -0.15) is 0 Å². The third-order valence-electron chi connectivity index (χ3n) is 3.26. The Morgan fingerprint density at radius 3 is 2.71 bits per heavy atom. The molecule has 1 nitrogen and oxygen atoms in total. The lowest BCUT2D eigenvalue weighted by atomic mass is 10.1. The maximum absolute atomic E-state index is 6.26. The molecule has 21 heavy (non-hydrogen) atoms. The zero-order valence-electron chi connectivity index (χ0n) is 12.2. The van der Waals surface area contributed by atoms with Crippen LogP contribution in [0.5, 0.6) is 0 Å². The first kappa shape index (κ1) is 16.9. The molecule has 0 bridgehead atoms. The fourth-order valence-corrected chi connectivity index (χ4v) is 3.88. The van der Waals surface area contributed by atoms with Gasteiger partial charge in [0.1, 0.15) is 0 Å². The van der Waals surface area contributed by atoms with Crippen molar-refractivity contribution in [2.24, 2.45) is 0 Å². The van der Waals surface area contributed by atoms with Crippen LogP contribution in [0.25, 0.3) is 0 Å². The predicted octanol–water partition coefficient (Wildman–Crippen LogP) is 5.85. The predicted molar refractivity (Wildman–Crippen MR) is 97.5 cm³/mol. The average molecular weight is 385 g/mol. The minimum Gasteiger partial charge on any atom is -0.309 e. The third-order valence-corrected chi connectivity index (χ3v) is 5.25. The Morgan fingerprint density at radius 1 is 1.24 bits per heavy atom. The van der Waals surface area contributed by atoms with Gasteiger partial charge in [-0.25, -0.2) is 0 Å². The van der Waals surface area contributed by atoms with Crippen molar-refractivity contribution in [1.29, 1.82) is 0 Å². The van der Waals surface area contributed by atoms with Crippen LogP contribution in [-0.2, 0) is 0 Å². The molecule has 2 aromatic carbocycles. The SMILES string of the molecule is CCNC(CSc1cccc(Br)c1)c1ccc(C)c(Cl)c1. The molecule has 1 unspecified atom stereocenters. The number of benzene rings is 2. The third kappa shape index (κ3) is 5.03. The van der Waals surface area contributed by atoms with Gasteiger partial charge in [0.2, 0.25) is 0 Å². The van der Waals surface area contributed by atoms with Crippen LogP contribution in [0.2, 0.25) is 5.02 Å². The molecule has 0 heterocycles. The van der Waals surface area contributed by atoms with Crippen molar-refractivity contribution in [3.8, 4) is 0 Å². The maximum Gasteiger partial charge on any atom is 0.0438 e. The Labute approximate surface area is 144 Å². The van der Waals surface area contributed by atoms with Crippen LogP contribution in [-0.4, -0.2) is 12.3 Å². The summed E-state index contributed by atoms with van der Waals surface area (Å²) in [6.07, 6.45) is 0. The van der Waals surface area contributed by atoms with Crippen molar-refractivity contribution < 1.29 is 0 Å². The number of hydrogen-bond acceptors (Lipinski definition) is 2. The highest BCUT2D eigenvalue weighted by Crippen LogP contribution is 2.28. The van der Waals surface area contributed by atoms with E-state index in [2.05, 4.69) is 64.6 Å². The highest BCUT2D eigenvalue weighted by atomic mass is 79.9. The molecule has 0 aromatic heterocycles. The van der Waals surface area contributed by atoms with E-state index in [1.165, 1.54) is 10.5 Å². The first-order chi connectivity index (χ1) is 10.1. The quantitative estimate of drug-likeness (QED) is 0.627. The lowest BCUT2D eigenvalue weighted by molar-refractivity contribution is 0.606. The van der Waals surface area contributed by atoms with Crippen LogP contribution in [0.1, 0.15) is 24.1 Å². The van der Waals surface area contributed by atoms with E-state index in [-0.39, 0.29) is 0 Å². The monoisotopic (exact) mass is 383 g/mol. The summed E-state index contributed by atoms with van der Waals surface area (Å²) >= 11 is 11.6. The van der Waals surface area contributed by atoms with Crippen molar-refractivity contribution in [1.82, 2.24) is 5.32 Å². The second-order valence-corrected chi connectivity index (χ2v) is 7.30. The minimum absolute atomic E-state index is 0.303. The smallest absolute Gasteiger partial charge is 0.0438 e. The molecule has 1 atom stereocenters. The fourth-order valence-electron chi connectivity index (χ4n) is 2.08. The van der Waals surface area contributed by atoms with Crippen LogP contribution >= 0.6 is 39.3 Å². The lowest BCUT2D eigenvalue weighted by Gasteiger charge is -2.19. The van der Waals surface area contributed by atoms with Crippen molar-refractivity contribution >= 4 is 39.3 Å². The minimum atomic E-state index is 0.303. The van der Waals surface area contributed by atoms with E-state index in [9.17, 15) is 0 Å². The normalized spacial score (nSPS) is 12.4. The Balaban J connectivity index is 2.09. The summed E-state index contributed by atoms with van der Waals surface area (Å²) in [6, 6.07) is 15.0. The Kier molecular flexibility index (Phi) is 6.62. The van der Waals surface area contributed by atoms with E-state index < -0.39 is 0 Å². The Morgan fingerprint density at radius 2 is 2.05 bits per heavy atom. The van der Waals surface area contributed by atoms with E-state index >= 15 is 0 Å². The zero-order chi connectivity index (χ0) is 15.2. The summed E-state index contributed by atoms with van der Waals surface area (Å²) in [5.41, 5.74) is 2.37. The van der Waals surface area contributed by atoms with Gasteiger partial charge in [-0.3, -0.25) is 0 Å². The molecular formula is C17H19BrClNS. The highest BCUT2D eigenvalue weighted by Gasteiger charge is 2.12. The number of rotatable bonds is 6. The molecule has 0 amide bonds. The molecule has 0 saturated heterocycles. The van der Waals surface area contributed by atoms with Gasteiger partial charge in [-0.1, -0.05) is 52.7 Å². The van der Waals surface area contributed by atoms with E-state index in [1.54, 1.807) is 0 Å². The standard InChI is InChI=1S/C17H19BrClNS/c1-3-20-17(13-8-7-12(2)16(19)9-13)11-21-15-6-4-5-14(18)10-15/h4-10,17,20H,3,11H2,1-2H3. The second-order valence-electron chi connectivity index (χ2n) is 4.89. The van der Waals surface area contributed by atoms with E-state index in [1.807, 2.05) is 24.8 Å². The molecule has 112 valence electrons. The van der Waals surface area contributed by atoms with Gasteiger partial charge < -0.3 is 5.32 Å². The van der Waals surface area contributed by atoms with Crippen LogP contribution in [0, 0.1) is 6.92 Å². The van der Waals surface area contributed by atoms with Crippen molar-refractivity contribution in [3.63, 3.8) is 0 Å². The summed E-state index contributed by atoms with van der Waals surface area (Å²) < 4.78 is 1.12. The van der Waals surface area contributed by atoms with Gasteiger partial charge in [-0.15, -0.1) is 11.8 Å². The van der Waals surface area contributed by atoms with Crippen LogP contribution < -0.4 is 5.32 Å². The number of aryl methyl sites for hydroxylation is 1. The first-order valence-corrected chi connectivity index (χ1v) is 9.13. The van der Waals surface area contributed by atoms with Gasteiger partial charge in [-0.05, 0) is 48.9 Å². The summed E-state index contributed by atoms with van der Waals surface area (Å²) in [6.45, 7) is 5.10. The van der Waals surface area contributed by atoms with Crippen LogP contribution in [0.15, 0.2) is 51.8 Å². The molecule has 2 rings (SSSR count). The highest BCUT2D eigenvalue weighted by molar-refractivity contribution is 9.10. The molecule has 0 saturated carbocycles. The van der Waals surface area contributed by atoms with Crippen molar-refractivity contribution in [2.75, 3.05) is 12.3 Å². The van der Waals surface area contributed by atoms with Gasteiger partial charge in [0.25, 0.3) is 0 Å².